The molecule has 3 aromatic rings. The Morgan fingerprint density at radius 3 is 2.68 bits per heavy atom. The van der Waals surface area contributed by atoms with Crippen molar-refractivity contribution < 1.29 is 9.53 Å². The summed E-state index contributed by atoms with van der Waals surface area (Å²) in [7, 11) is 5.01. The van der Waals surface area contributed by atoms with E-state index in [0.29, 0.717) is 28.2 Å². The summed E-state index contributed by atoms with van der Waals surface area (Å²) >= 11 is 0. The number of hydrogen-bond acceptors (Lipinski definition) is 8. The van der Waals surface area contributed by atoms with Crippen LogP contribution in [0.4, 0.5) is 11.6 Å². The monoisotopic (exact) mass is 418 g/mol. The molecule has 1 atom stereocenters. The number of rotatable bonds is 0. The summed E-state index contributed by atoms with van der Waals surface area (Å²) in [6, 6.07) is 7.70. The van der Waals surface area contributed by atoms with Crippen LogP contribution in [0.15, 0.2) is 24.4 Å². The molecule has 10 heteroatoms. The number of carbonyl (C=O) groups is 1. The van der Waals surface area contributed by atoms with Crippen molar-refractivity contribution in [2.75, 3.05) is 24.8 Å². The smallest absolute Gasteiger partial charge is 0.272 e. The number of aromatic nitrogens is 4. The highest BCUT2D eigenvalue weighted by Gasteiger charge is 2.30. The first-order valence-corrected chi connectivity index (χ1v) is 9.61. The number of nitrogens with zero attached hydrogens (tertiary/aromatic N) is 7. The average molecular weight is 418 g/mol. The van der Waals surface area contributed by atoms with Gasteiger partial charge in [0.05, 0.1) is 17.5 Å². The van der Waals surface area contributed by atoms with Crippen molar-refractivity contribution >= 4 is 17.5 Å². The van der Waals surface area contributed by atoms with Gasteiger partial charge in [-0.25, -0.2) is 9.97 Å². The lowest BCUT2D eigenvalue weighted by atomic mass is 9.99. The number of anilines is 2. The molecule has 1 aliphatic heterocycles. The second-order valence-electron chi connectivity index (χ2n) is 7.43. The molecular weight excluding hydrogens is 396 g/mol. The molecular formula is C21H22N8O2. The molecule has 0 spiro atoms. The number of aryl methyl sites for hydroxylation is 2. The second-order valence-corrected chi connectivity index (χ2v) is 7.43. The third-order valence-electron chi connectivity index (χ3n) is 5.37. The molecule has 3 heterocycles. The Kier molecular flexibility index (Phi) is 4.74. The highest BCUT2D eigenvalue weighted by Crippen LogP contribution is 2.36. The fraction of sp³-hybridized carbons (Fsp3) is 0.286. The van der Waals surface area contributed by atoms with Crippen molar-refractivity contribution in [3.8, 4) is 23.2 Å². The molecule has 1 aliphatic rings. The largest absolute Gasteiger partial charge is 0.467 e. The van der Waals surface area contributed by atoms with Crippen molar-refractivity contribution in [3.05, 3.63) is 46.8 Å². The zero-order chi connectivity index (χ0) is 22.4. The van der Waals surface area contributed by atoms with Gasteiger partial charge in [-0.2, -0.15) is 10.4 Å². The Hall–Kier alpha value is -4.13. The first-order valence-electron chi connectivity index (χ1n) is 9.61. The Morgan fingerprint density at radius 1 is 1.23 bits per heavy atom. The Labute approximate surface area is 179 Å². The van der Waals surface area contributed by atoms with Gasteiger partial charge in [-0.05, 0) is 19.9 Å². The van der Waals surface area contributed by atoms with Crippen molar-refractivity contribution in [1.29, 1.82) is 5.26 Å². The highest BCUT2D eigenvalue weighted by atomic mass is 16.5. The van der Waals surface area contributed by atoms with E-state index in [2.05, 4.69) is 21.1 Å². The number of amides is 1. The van der Waals surface area contributed by atoms with Gasteiger partial charge in [-0.3, -0.25) is 19.5 Å². The van der Waals surface area contributed by atoms with E-state index in [1.54, 1.807) is 32.2 Å². The van der Waals surface area contributed by atoms with Crippen LogP contribution < -0.4 is 15.5 Å². The Balaban J connectivity index is 2.03. The molecule has 10 nitrogen and oxygen atoms in total. The Morgan fingerprint density at radius 2 is 1.97 bits per heavy atom. The van der Waals surface area contributed by atoms with Gasteiger partial charge in [0.25, 0.3) is 11.8 Å². The van der Waals surface area contributed by atoms with Gasteiger partial charge in [0.2, 0.25) is 0 Å². The van der Waals surface area contributed by atoms with E-state index in [4.69, 9.17) is 10.5 Å². The zero-order valence-corrected chi connectivity index (χ0v) is 17.9. The molecule has 0 radical (unpaired) electrons. The predicted octanol–water partition coefficient (Wildman–Crippen LogP) is 2.22. The lowest BCUT2D eigenvalue weighted by Gasteiger charge is -2.30. The van der Waals surface area contributed by atoms with E-state index in [0.717, 1.165) is 5.56 Å². The number of benzene rings is 1. The predicted molar refractivity (Wildman–Crippen MR) is 114 cm³/mol. The van der Waals surface area contributed by atoms with Gasteiger partial charge in [0.15, 0.2) is 11.6 Å². The van der Waals surface area contributed by atoms with Crippen LogP contribution in [0.25, 0.3) is 11.3 Å². The standard InChI is InChI=1S/C21H22N8O2/c1-11-6-7-13-14(8-11)12(2)31-20-18(23)24-10-15(25-20)17-16(9-22)27(3)26-19(17)28(4)29(5)21(13)30/h6-8,10,12H,1-5H3,(H2,23,24)/t12-/m1/s1. The van der Waals surface area contributed by atoms with Crippen molar-refractivity contribution in [3.63, 3.8) is 0 Å². The van der Waals surface area contributed by atoms with Crippen LogP contribution in [0.5, 0.6) is 5.88 Å². The second kappa shape index (κ2) is 7.28. The molecule has 0 unspecified atom stereocenters. The summed E-state index contributed by atoms with van der Waals surface area (Å²) in [5.74, 6) is 0.372. The summed E-state index contributed by atoms with van der Waals surface area (Å²) in [6.07, 6.45) is 0.945. The first kappa shape index (κ1) is 20.2. The lowest BCUT2D eigenvalue weighted by Crippen LogP contribution is -2.42. The average Bonchev–Trinajstić information content (AvgIpc) is 3.09. The molecule has 1 amide bonds. The molecule has 31 heavy (non-hydrogen) atoms. The van der Waals surface area contributed by atoms with Crippen molar-refractivity contribution in [1.82, 2.24) is 24.8 Å². The fourth-order valence-electron chi connectivity index (χ4n) is 3.59. The maximum Gasteiger partial charge on any atom is 0.272 e. The van der Waals surface area contributed by atoms with E-state index in [1.165, 1.54) is 15.9 Å². The van der Waals surface area contributed by atoms with Gasteiger partial charge in [-0.15, -0.1) is 0 Å². The van der Waals surface area contributed by atoms with Gasteiger partial charge in [0, 0.05) is 32.3 Å². The van der Waals surface area contributed by atoms with Crippen LogP contribution in [0.2, 0.25) is 0 Å². The van der Waals surface area contributed by atoms with Crippen LogP contribution in [0.3, 0.4) is 0 Å². The summed E-state index contributed by atoms with van der Waals surface area (Å²) in [6.45, 7) is 3.77. The fourth-order valence-corrected chi connectivity index (χ4v) is 3.59. The minimum atomic E-state index is -0.521. The number of nitriles is 1. The maximum atomic E-state index is 13.4. The third-order valence-corrected chi connectivity index (χ3v) is 5.37. The molecule has 1 aromatic carbocycles. The molecule has 4 rings (SSSR count). The first-order chi connectivity index (χ1) is 14.7. The maximum absolute atomic E-state index is 13.4. The molecule has 2 N–H and O–H groups in total. The van der Waals surface area contributed by atoms with Crippen LogP contribution in [-0.4, -0.2) is 44.8 Å². The number of carbonyl (C=O) groups excluding carboxylic acids is 1. The van der Waals surface area contributed by atoms with E-state index in [-0.39, 0.29) is 23.3 Å². The van der Waals surface area contributed by atoms with Gasteiger partial charge >= 0.3 is 0 Å². The quantitative estimate of drug-likeness (QED) is 0.589. The topological polar surface area (TPSA) is 126 Å². The molecule has 0 saturated heterocycles. The van der Waals surface area contributed by atoms with E-state index >= 15 is 0 Å². The number of hydrazine groups is 1. The molecule has 2 bridgehead atoms. The minimum absolute atomic E-state index is 0.114. The molecule has 0 saturated carbocycles. The van der Waals surface area contributed by atoms with Gasteiger partial charge in [-0.1, -0.05) is 17.7 Å². The van der Waals surface area contributed by atoms with Crippen molar-refractivity contribution in [2.45, 2.75) is 20.0 Å². The van der Waals surface area contributed by atoms with E-state index in [1.807, 2.05) is 26.0 Å². The van der Waals surface area contributed by atoms with E-state index in [9.17, 15) is 10.1 Å². The number of fused-ring (bicyclic) bond motifs is 5. The molecule has 0 fully saturated rings. The van der Waals surface area contributed by atoms with Crippen molar-refractivity contribution in [2.24, 2.45) is 7.05 Å². The van der Waals surface area contributed by atoms with Crippen LogP contribution >= 0.6 is 0 Å². The van der Waals surface area contributed by atoms with Crippen LogP contribution in [0.1, 0.15) is 40.2 Å². The van der Waals surface area contributed by atoms with Gasteiger partial charge < -0.3 is 10.5 Å². The lowest BCUT2D eigenvalue weighted by molar-refractivity contribution is 0.0780. The third kappa shape index (κ3) is 3.20. The highest BCUT2D eigenvalue weighted by molar-refractivity contribution is 5.97. The number of nitrogen functional groups attached to an aromatic ring is 1. The summed E-state index contributed by atoms with van der Waals surface area (Å²) < 4.78 is 7.49. The van der Waals surface area contributed by atoms with E-state index < -0.39 is 6.10 Å². The van der Waals surface area contributed by atoms with Gasteiger partial charge in [0.1, 0.15) is 17.9 Å². The van der Waals surface area contributed by atoms with Crippen LogP contribution in [0, 0.1) is 18.3 Å². The number of hydrogen-bond donors (Lipinski definition) is 1. The summed E-state index contributed by atoms with van der Waals surface area (Å²) in [4.78, 5) is 22.2. The SMILES string of the molecule is Cc1ccc2c(c1)[C@@H](C)Oc1nc(cnc1N)-c1c(nn(C)c1C#N)N(C)N(C)C2=O. The summed E-state index contributed by atoms with van der Waals surface area (Å²) in [5.41, 5.74) is 9.28. The normalized spacial score (nSPS) is 15.9. The number of nitrogens with two attached hydrogens (primary N) is 1. The zero-order valence-electron chi connectivity index (χ0n) is 17.9. The van der Waals surface area contributed by atoms with Crippen LogP contribution in [-0.2, 0) is 7.05 Å². The minimum Gasteiger partial charge on any atom is -0.467 e. The summed E-state index contributed by atoms with van der Waals surface area (Å²) in [5, 5.41) is 17.2. The number of ether oxygens (including phenoxy) is 1. The molecule has 158 valence electrons. The molecule has 0 aliphatic carbocycles. The Bertz CT molecular complexity index is 1240. The molecule has 2 aromatic heterocycles.